The summed E-state index contributed by atoms with van der Waals surface area (Å²) in [6, 6.07) is 5.33. The van der Waals surface area contributed by atoms with Crippen molar-refractivity contribution in [2.45, 2.75) is 51.0 Å². The van der Waals surface area contributed by atoms with Gasteiger partial charge in [0.05, 0.1) is 10.7 Å². The first-order chi connectivity index (χ1) is 17.3. The van der Waals surface area contributed by atoms with Gasteiger partial charge in [-0.2, -0.15) is 0 Å². The van der Waals surface area contributed by atoms with Crippen LogP contribution in [0.4, 0.5) is 4.39 Å². The third-order valence-electron chi connectivity index (χ3n) is 7.03. The van der Waals surface area contributed by atoms with Crippen molar-refractivity contribution < 1.29 is 4.39 Å². The van der Waals surface area contributed by atoms with Crippen LogP contribution in [0.15, 0.2) is 77.8 Å². The molecule has 0 saturated carbocycles. The van der Waals surface area contributed by atoms with Gasteiger partial charge in [0.2, 0.25) is 0 Å². The van der Waals surface area contributed by atoms with Crippen molar-refractivity contribution >= 4 is 11.6 Å². The molecule has 0 aliphatic heterocycles. The summed E-state index contributed by atoms with van der Waals surface area (Å²) in [6.45, 7) is 7.49. The minimum atomic E-state index is -0.330. The molecule has 2 aliphatic rings. The molecule has 1 aromatic rings. The van der Waals surface area contributed by atoms with Gasteiger partial charge in [-0.1, -0.05) is 66.1 Å². The molecule has 6 heteroatoms. The lowest BCUT2D eigenvalue weighted by Crippen LogP contribution is -2.35. The van der Waals surface area contributed by atoms with Gasteiger partial charge in [-0.05, 0) is 56.9 Å². The summed E-state index contributed by atoms with van der Waals surface area (Å²) in [5, 5.41) is 7.17. The molecule has 2 aliphatic carbocycles. The Labute approximate surface area is 220 Å². The van der Waals surface area contributed by atoms with E-state index in [0.717, 1.165) is 50.2 Å². The fourth-order valence-electron chi connectivity index (χ4n) is 4.81. The highest BCUT2D eigenvalue weighted by Crippen LogP contribution is 2.33. The van der Waals surface area contributed by atoms with Crippen LogP contribution in [-0.4, -0.2) is 19.1 Å². The quantitative estimate of drug-likeness (QED) is 0.217. The molecule has 4 atom stereocenters. The maximum Gasteiger partial charge on any atom is 0.145 e. The molecule has 0 amide bonds. The van der Waals surface area contributed by atoms with E-state index >= 15 is 0 Å². The molecule has 0 radical (unpaired) electrons. The molecule has 192 valence electrons. The molecule has 0 saturated heterocycles. The van der Waals surface area contributed by atoms with E-state index in [1.165, 1.54) is 5.57 Å². The molecule has 1 aromatic carbocycles. The number of nitrogens with one attached hydrogen (secondary N) is 2. The molecule has 3 rings (SSSR count). The van der Waals surface area contributed by atoms with Crippen molar-refractivity contribution in [3.8, 4) is 12.3 Å². The van der Waals surface area contributed by atoms with Crippen LogP contribution >= 0.6 is 11.6 Å². The van der Waals surface area contributed by atoms with Crippen molar-refractivity contribution in [3.05, 3.63) is 94.2 Å². The Morgan fingerprint density at radius 3 is 2.83 bits per heavy atom. The monoisotopic (exact) mass is 508 g/mol. The van der Waals surface area contributed by atoms with E-state index in [9.17, 15) is 4.39 Å². The first-order valence-corrected chi connectivity index (χ1v) is 13.0. The minimum Gasteiger partial charge on any atom is -0.402 e. The third-order valence-corrected chi connectivity index (χ3v) is 7.32. The fourth-order valence-corrected chi connectivity index (χ4v) is 4.99. The number of terminal acetylenes is 1. The molecule has 36 heavy (non-hydrogen) atoms. The molecular formula is C30H38ClFN4. The topological polar surface area (TPSA) is 76.1 Å². The second-order valence-electron chi connectivity index (χ2n) is 9.68. The molecule has 0 heterocycles. The zero-order valence-corrected chi connectivity index (χ0v) is 21.8. The Kier molecular flexibility index (Phi) is 10.3. The zero-order valence-electron chi connectivity index (χ0n) is 21.1. The highest BCUT2D eigenvalue weighted by molar-refractivity contribution is 6.30. The number of hydrogen-bond donors (Lipinski definition) is 4. The molecule has 4 nitrogen and oxygen atoms in total. The largest absolute Gasteiger partial charge is 0.402 e. The number of rotatable bonds is 12. The second-order valence-corrected chi connectivity index (χ2v) is 10.1. The molecule has 0 fully saturated rings. The first-order valence-electron chi connectivity index (χ1n) is 12.6. The number of hydrogen-bond acceptors (Lipinski definition) is 4. The Morgan fingerprint density at radius 2 is 2.11 bits per heavy atom. The van der Waals surface area contributed by atoms with E-state index in [1.54, 1.807) is 6.07 Å². The number of allylic oxidation sites excluding steroid dienone is 7. The fraction of sp³-hybridized carbons (Fsp3) is 0.400. The summed E-state index contributed by atoms with van der Waals surface area (Å²) in [6.07, 6.45) is 20.0. The molecule has 0 spiro atoms. The third kappa shape index (κ3) is 7.53. The summed E-state index contributed by atoms with van der Waals surface area (Å²) in [5.41, 5.74) is 16.3. The van der Waals surface area contributed by atoms with Gasteiger partial charge in [0.25, 0.3) is 0 Å². The predicted octanol–water partition coefficient (Wildman–Crippen LogP) is 5.66. The Hall–Kier alpha value is -2.94. The van der Waals surface area contributed by atoms with E-state index < -0.39 is 0 Å². The number of nitrogens with two attached hydrogens (primary N) is 2. The van der Waals surface area contributed by atoms with Crippen molar-refractivity contribution in [2.24, 2.45) is 23.3 Å². The van der Waals surface area contributed by atoms with Crippen LogP contribution in [-0.2, 0) is 0 Å². The average Bonchev–Trinajstić information content (AvgIpc) is 2.87. The maximum absolute atomic E-state index is 15.0. The van der Waals surface area contributed by atoms with Gasteiger partial charge >= 0.3 is 0 Å². The lowest BCUT2D eigenvalue weighted by Gasteiger charge is -2.27. The van der Waals surface area contributed by atoms with Crippen molar-refractivity contribution in [2.75, 3.05) is 13.1 Å². The summed E-state index contributed by atoms with van der Waals surface area (Å²) in [7, 11) is 0. The molecule has 4 unspecified atom stereocenters. The second kappa shape index (κ2) is 13.4. The van der Waals surface area contributed by atoms with Crippen LogP contribution in [0.1, 0.15) is 50.5 Å². The van der Waals surface area contributed by atoms with Crippen LogP contribution < -0.4 is 22.1 Å². The minimum absolute atomic E-state index is 0.0197. The summed E-state index contributed by atoms with van der Waals surface area (Å²) in [4.78, 5) is 0. The van der Waals surface area contributed by atoms with Crippen molar-refractivity contribution in [1.82, 2.24) is 10.6 Å². The Balaban J connectivity index is 1.55. The van der Waals surface area contributed by atoms with Gasteiger partial charge in [0.15, 0.2) is 0 Å². The smallest absolute Gasteiger partial charge is 0.145 e. The van der Waals surface area contributed by atoms with Gasteiger partial charge in [-0.3, -0.25) is 0 Å². The predicted molar refractivity (Wildman–Crippen MR) is 149 cm³/mol. The number of benzene rings is 1. The SMILES string of the molecule is C#CC1C=CC=C(CCC(c2cccc(Cl)c2F)C(C)NCCCNC2=C(N)CC(C(=C)N)C=C2)C1. The highest BCUT2D eigenvalue weighted by atomic mass is 35.5. The lowest BCUT2D eigenvalue weighted by molar-refractivity contribution is 0.419. The lowest BCUT2D eigenvalue weighted by atomic mass is 9.84. The van der Waals surface area contributed by atoms with Crippen LogP contribution in [0.5, 0.6) is 0 Å². The van der Waals surface area contributed by atoms with E-state index in [1.807, 2.05) is 30.4 Å². The van der Waals surface area contributed by atoms with Crippen molar-refractivity contribution in [3.63, 3.8) is 0 Å². The first kappa shape index (κ1) is 27.6. The molecule has 0 aromatic heterocycles. The summed E-state index contributed by atoms with van der Waals surface area (Å²) < 4.78 is 15.0. The summed E-state index contributed by atoms with van der Waals surface area (Å²) >= 11 is 6.13. The molecular weight excluding hydrogens is 471 g/mol. The van der Waals surface area contributed by atoms with Crippen LogP contribution in [0.25, 0.3) is 0 Å². The van der Waals surface area contributed by atoms with Crippen LogP contribution in [0.3, 0.4) is 0 Å². The maximum atomic E-state index is 15.0. The number of halogens is 2. The van der Waals surface area contributed by atoms with Gasteiger partial charge in [-0.15, -0.1) is 6.42 Å². The van der Waals surface area contributed by atoms with Gasteiger partial charge in [0.1, 0.15) is 5.82 Å². The van der Waals surface area contributed by atoms with E-state index in [4.69, 9.17) is 29.5 Å². The van der Waals surface area contributed by atoms with Gasteiger partial charge in [-0.25, -0.2) is 4.39 Å². The van der Waals surface area contributed by atoms with Crippen LogP contribution in [0.2, 0.25) is 5.02 Å². The molecule has 0 bridgehead atoms. The van der Waals surface area contributed by atoms with Crippen LogP contribution in [0, 0.1) is 30.0 Å². The normalized spacial score (nSPS) is 21.0. The van der Waals surface area contributed by atoms with Crippen molar-refractivity contribution in [1.29, 1.82) is 0 Å². The average molecular weight is 509 g/mol. The molecule has 6 N–H and O–H groups in total. The summed E-state index contributed by atoms with van der Waals surface area (Å²) in [5.74, 6) is 2.70. The Morgan fingerprint density at radius 1 is 1.31 bits per heavy atom. The highest BCUT2D eigenvalue weighted by Gasteiger charge is 2.24. The van der Waals surface area contributed by atoms with Gasteiger partial charge < -0.3 is 22.1 Å². The standard InChI is InChI=1S/C30H38ClFN4/c1-4-22-8-5-9-23(18-22)12-14-25(26-10-6-11-27(31)30(26)32)21(3)35-16-7-17-36-29-15-13-24(20(2)33)19-28(29)34/h1,5-6,8-11,13,15,21-22,24-25,35-36H,2,7,12,14,16-19,33-34H2,3H3. The van der Waals surface area contributed by atoms with E-state index in [0.29, 0.717) is 17.7 Å². The Bertz CT molecular complexity index is 1090. The van der Waals surface area contributed by atoms with Gasteiger partial charge in [0, 0.05) is 48.2 Å². The van der Waals surface area contributed by atoms with E-state index in [2.05, 4.69) is 42.2 Å². The van der Waals surface area contributed by atoms with E-state index in [-0.39, 0.29) is 34.6 Å². The zero-order chi connectivity index (χ0) is 26.1.